The maximum atomic E-state index is 13.8. The molecule has 3 heterocycles. The molecule has 2 unspecified atom stereocenters. The number of allylic oxidation sites excluding steroid dienone is 1. The number of benzene rings is 1. The van der Waals surface area contributed by atoms with Gasteiger partial charge in [0.05, 0.1) is 40.6 Å². The molecular weight excluding hydrogens is 585 g/mol. The number of hydroxylamine groups is 2. The normalized spacial score (nSPS) is 27.1. The molecule has 2 saturated heterocycles. The molecule has 6 nitrogen and oxygen atoms in total. The molecule has 10 heteroatoms. The molecule has 0 aromatic heterocycles. The zero-order valence-electron chi connectivity index (χ0n) is 27.5. The Balaban J connectivity index is 1.79. The van der Waals surface area contributed by atoms with Gasteiger partial charge in [-0.3, -0.25) is 10.3 Å². The molecule has 1 N–H and O–H groups in total. The van der Waals surface area contributed by atoms with Crippen LogP contribution in [0.1, 0.15) is 96.9 Å². The zero-order chi connectivity index (χ0) is 32.6. The minimum atomic E-state index is -4.65. The number of alkyl halides is 3. The third-order valence-corrected chi connectivity index (χ3v) is 15.0. The SMILES string of the molecule is CC(C)C1=C2C(=C3C(O[Si](C)(C)C(C)(C)C)CC(C)(C)CC3N1O)C1(CCOCC1)O[C@@H]2c1ccc(C(F)(F)F)c(C#N)c1. The maximum absolute atomic E-state index is 13.8. The molecule has 1 spiro atoms. The van der Waals surface area contributed by atoms with Crippen molar-refractivity contribution in [3.63, 3.8) is 0 Å². The van der Waals surface area contributed by atoms with E-state index in [4.69, 9.17) is 13.9 Å². The van der Waals surface area contributed by atoms with Crippen LogP contribution in [0.2, 0.25) is 18.1 Å². The summed E-state index contributed by atoms with van der Waals surface area (Å²) < 4.78 is 61.4. The fourth-order valence-electron chi connectivity index (χ4n) is 7.36. The van der Waals surface area contributed by atoms with Crippen molar-refractivity contribution in [1.29, 1.82) is 5.26 Å². The lowest BCUT2D eigenvalue weighted by Gasteiger charge is -2.53. The minimum absolute atomic E-state index is 0.0380. The van der Waals surface area contributed by atoms with Crippen LogP contribution in [0.15, 0.2) is 40.6 Å². The number of nitrogens with zero attached hydrogens (tertiary/aromatic N) is 2. The van der Waals surface area contributed by atoms with Gasteiger partial charge in [0.2, 0.25) is 0 Å². The highest BCUT2D eigenvalue weighted by molar-refractivity contribution is 6.74. The summed E-state index contributed by atoms with van der Waals surface area (Å²) in [7, 11) is -2.27. The Morgan fingerprint density at radius 3 is 2.30 bits per heavy atom. The van der Waals surface area contributed by atoms with Gasteiger partial charge in [-0.1, -0.05) is 54.5 Å². The summed E-state index contributed by atoms with van der Waals surface area (Å²) in [5, 5.41) is 23.2. The predicted molar refractivity (Wildman–Crippen MR) is 164 cm³/mol. The van der Waals surface area contributed by atoms with Gasteiger partial charge in [-0.2, -0.15) is 18.4 Å². The third kappa shape index (κ3) is 5.57. The average molecular weight is 633 g/mol. The van der Waals surface area contributed by atoms with E-state index in [9.17, 15) is 23.6 Å². The van der Waals surface area contributed by atoms with Crippen molar-refractivity contribution in [2.24, 2.45) is 11.3 Å². The highest BCUT2D eigenvalue weighted by atomic mass is 28.4. The smallest absolute Gasteiger partial charge is 0.410 e. The predicted octanol–water partition coefficient (Wildman–Crippen LogP) is 8.69. The van der Waals surface area contributed by atoms with Crippen LogP contribution in [0.25, 0.3) is 0 Å². The second-order valence-electron chi connectivity index (χ2n) is 15.6. The lowest BCUT2D eigenvalue weighted by atomic mass is 9.65. The number of nitriles is 1. The Labute approximate surface area is 260 Å². The van der Waals surface area contributed by atoms with Crippen LogP contribution in [-0.4, -0.2) is 49.5 Å². The van der Waals surface area contributed by atoms with Crippen LogP contribution in [0.5, 0.6) is 0 Å². The van der Waals surface area contributed by atoms with Gasteiger partial charge < -0.3 is 13.9 Å². The van der Waals surface area contributed by atoms with E-state index >= 15 is 0 Å². The molecule has 1 aromatic rings. The van der Waals surface area contributed by atoms with E-state index in [2.05, 4.69) is 47.7 Å². The van der Waals surface area contributed by atoms with Crippen LogP contribution < -0.4 is 0 Å². The molecule has 0 radical (unpaired) electrons. The van der Waals surface area contributed by atoms with Crippen molar-refractivity contribution in [2.75, 3.05) is 13.2 Å². The van der Waals surface area contributed by atoms with E-state index < -0.39 is 37.3 Å². The fraction of sp³-hybridized carbons (Fsp3) is 0.676. The topological polar surface area (TPSA) is 75.0 Å². The van der Waals surface area contributed by atoms with Crippen molar-refractivity contribution >= 4 is 8.32 Å². The first kappa shape index (κ1) is 33.2. The lowest BCUT2D eigenvalue weighted by Crippen LogP contribution is -2.55. The molecule has 0 amide bonds. The molecule has 3 atom stereocenters. The number of ether oxygens (including phenoxy) is 2. The minimum Gasteiger partial charge on any atom is -0.410 e. The average Bonchev–Trinajstić information content (AvgIpc) is 3.20. The standard InChI is InChI=1S/C34H47F3N2O4Si/c1-20(2)29-27-28(26-24(39(29)40)17-32(6,7)18-25(26)43-44(8,9)31(3,4)5)33(12-14-41-15-13-33)42-30(27)21-10-11-23(34(35,36)37)22(16-21)19-38/h10-11,16,20,24-25,30,40H,12-15,17-18H2,1-9H3/t24?,25?,30-/m1/s1. The van der Waals surface area contributed by atoms with E-state index in [1.54, 1.807) is 6.07 Å². The summed E-state index contributed by atoms with van der Waals surface area (Å²) in [6.45, 7) is 20.6. The van der Waals surface area contributed by atoms with E-state index in [1.807, 2.05) is 13.8 Å². The van der Waals surface area contributed by atoms with Crippen molar-refractivity contribution in [2.45, 2.75) is 122 Å². The molecule has 4 aliphatic rings. The second kappa shape index (κ2) is 11.0. The van der Waals surface area contributed by atoms with Gasteiger partial charge in [0.15, 0.2) is 8.32 Å². The van der Waals surface area contributed by atoms with Gasteiger partial charge in [-0.05, 0) is 71.1 Å². The third-order valence-electron chi connectivity index (χ3n) is 10.5. The Bertz CT molecular complexity index is 1410. The summed E-state index contributed by atoms with van der Waals surface area (Å²) in [5.41, 5.74) is 1.76. The van der Waals surface area contributed by atoms with Crippen LogP contribution in [0.4, 0.5) is 13.2 Å². The highest BCUT2D eigenvalue weighted by Gasteiger charge is 2.58. The van der Waals surface area contributed by atoms with Crippen molar-refractivity contribution in [1.82, 2.24) is 5.06 Å². The Hall–Kier alpha value is -2.16. The Kier molecular flexibility index (Phi) is 8.28. The van der Waals surface area contributed by atoms with Crippen molar-refractivity contribution < 1.29 is 32.3 Å². The first-order valence-electron chi connectivity index (χ1n) is 15.7. The van der Waals surface area contributed by atoms with Crippen LogP contribution in [0.3, 0.4) is 0 Å². The molecule has 1 saturated carbocycles. The van der Waals surface area contributed by atoms with Crippen molar-refractivity contribution in [3.05, 3.63) is 57.3 Å². The molecule has 1 aromatic carbocycles. The van der Waals surface area contributed by atoms with Gasteiger partial charge in [0.25, 0.3) is 0 Å². The molecule has 3 fully saturated rings. The van der Waals surface area contributed by atoms with Crippen LogP contribution in [-0.2, 0) is 20.1 Å². The Morgan fingerprint density at radius 1 is 1.11 bits per heavy atom. The number of hydrogen-bond acceptors (Lipinski definition) is 6. The molecule has 44 heavy (non-hydrogen) atoms. The molecule has 1 aliphatic carbocycles. The monoisotopic (exact) mass is 632 g/mol. The van der Waals surface area contributed by atoms with E-state index in [0.29, 0.717) is 37.3 Å². The van der Waals surface area contributed by atoms with Gasteiger partial charge >= 0.3 is 6.18 Å². The first-order chi connectivity index (χ1) is 20.2. The maximum Gasteiger partial charge on any atom is 0.417 e. The first-order valence-corrected chi connectivity index (χ1v) is 18.7. The fourth-order valence-corrected chi connectivity index (χ4v) is 8.64. The number of hydrogen-bond donors (Lipinski definition) is 1. The van der Waals surface area contributed by atoms with Gasteiger partial charge in [-0.15, -0.1) is 0 Å². The highest BCUT2D eigenvalue weighted by Crippen LogP contribution is 2.61. The van der Waals surface area contributed by atoms with Crippen LogP contribution in [0, 0.1) is 22.7 Å². The summed E-state index contributed by atoms with van der Waals surface area (Å²) in [5.74, 6) is -0.109. The number of halogens is 3. The summed E-state index contributed by atoms with van der Waals surface area (Å²) in [6, 6.07) is 5.13. The summed E-state index contributed by atoms with van der Waals surface area (Å²) in [6.07, 6.45) is -3.01. The van der Waals surface area contributed by atoms with Crippen molar-refractivity contribution in [3.8, 4) is 6.07 Å². The van der Waals surface area contributed by atoms with Gasteiger partial charge in [-0.25, -0.2) is 0 Å². The second-order valence-corrected chi connectivity index (χ2v) is 20.4. The number of fused-ring (bicyclic) bond motifs is 3. The summed E-state index contributed by atoms with van der Waals surface area (Å²) in [4.78, 5) is 0. The van der Waals surface area contributed by atoms with Gasteiger partial charge in [0, 0.05) is 31.6 Å². The summed E-state index contributed by atoms with van der Waals surface area (Å²) >= 11 is 0. The molecule has 3 aliphatic heterocycles. The molecule has 5 rings (SSSR count). The van der Waals surface area contributed by atoms with Gasteiger partial charge in [0.1, 0.15) is 6.10 Å². The Morgan fingerprint density at radius 2 is 1.75 bits per heavy atom. The lowest BCUT2D eigenvalue weighted by molar-refractivity contribution is -0.137. The zero-order valence-corrected chi connectivity index (χ0v) is 28.5. The quantitative estimate of drug-likeness (QED) is 0.335. The molecule has 0 bridgehead atoms. The largest absolute Gasteiger partial charge is 0.417 e. The number of rotatable bonds is 4. The van der Waals surface area contributed by atoms with E-state index in [-0.39, 0.29) is 28.5 Å². The van der Waals surface area contributed by atoms with Crippen LogP contribution >= 0.6 is 0 Å². The molecule has 242 valence electrons. The molecular formula is C34H47F3N2O4Si. The van der Waals surface area contributed by atoms with E-state index in [0.717, 1.165) is 35.6 Å². The van der Waals surface area contributed by atoms with E-state index in [1.165, 1.54) is 17.2 Å².